The van der Waals surface area contributed by atoms with Crippen LogP contribution in [-0.2, 0) is 4.79 Å². The van der Waals surface area contributed by atoms with E-state index >= 15 is 0 Å². The van der Waals surface area contributed by atoms with Crippen LogP contribution in [0.3, 0.4) is 0 Å². The first-order chi connectivity index (χ1) is 13.0. The van der Waals surface area contributed by atoms with Gasteiger partial charge in [0.25, 0.3) is 5.91 Å². The summed E-state index contributed by atoms with van der Waals surface area (Å²) in [4.78, 5) is 48.2. The smallest absolute Gasteiger partial charge is 0.274 e. The number of carbonyl (C=O) groups is 3. The van der Waals surface area contributed by atoms with Crippen molar-refractivity contribution < 1.29 is 14.4 Å². The second-order valence-electron chi connectivity index (χ2n) is 6.19. The number of carbonyl (C=O) groups excluding carboxylic acids is 3. The number of ketones is 1. The Hall–Kier alpha value is -2.61. The summed E-state index contributed by atoms with van der Waals surface area (Å²) >= 11 is 3.33. The molecule has 2 amide bonds. The molecule has 1 aliphatic heterocycles. The Morgan fingerprint density at radius 2 is 1.59 bits per heavy atom. The largest absolute Gasteiger partial charge is 0.339 e. The number of aromatic nitrogens is 2. The molecule has 0 unspecified atom stereocenters. The van der Waals surface area contributed by atoms with Crippen molar-refractivity contribution in [2.75, 3.05) is 26.2 Å². The predicted octanol–water partition coefficient (Wildman–Crippen LogP) is 2.19. The van der Waals surface area contributed by atoms with E-state index in [1.54, 1.807) is 21.9 Å². The van der Waals surface area contributed by atoms with Gasteiger partial charge in [0.1, 0.15) is 5.69 Å². The Bertz CT molecular complexity index is 819. The lowest BCUT2D eigenvalue weighted by molar-refractivity contribution is -0.132. The summed E-state index contributed by atoms with van der Waals surface area (Å²) in [7, 11) is 0. The molecule has 2 heterocycles. The van der Waals surface area contributed by atoms with E-state index in [9.17, 15) is 14.4 Å². The van der Waals surface area contributed by atoms with Crippen LogP contribution in [0.4, 0.5) is 0 Å². The van der Waals surface area contributed by atoms with E-state index in [1.165, 1.54) is 18.6 Å². The molecule has 3 rings (SSSR count). The first-order valence-electron chi connectivity index (χ1n) is 8.66. The quantitative estimate of drug-likeness (QED) is 0.678. The molecule has 27 heavy (non-hydrogen) atoms. The molecule has 0 atom stereocenters. The van der Waals surface area contributed by atoms with Crippen molar-refractivity contribution in [1.29, 1.82) is 0 Å². The van der Waals surface area contributed by atoms with Gasteiger partial charge >= 0.3 is 0 Å². The minimum absolute atomic E-state index is 0.0488. The maximum Gasteiger partial charge on any atom is 0.274 e. The molecular formula is C19H19BrN4O3. The third kappa shape index (κ3) is 4.97. The molecule has 2 aromatic rings. The van der Waals surface area contributed by atoms with E-state index in [2.05, 4.69) is 25.9 Å². The molecule has 0 radical (unpaired) electrons. The Morgan fingerprint density at radius 1 is 0.926 bits per heavy atom. The van der Waals surface area contributed by atoms with E-state index in [0.29, 0.717) is 37.4 Å². The average molecular weight is 431 g/mol. The number of hydrogen-bond donors (Lipinski definition) is 0. The SMILES string of the molecule is O=C(CCC(=O)N1CCN(C(=O)c2cnccn2)CC1)c1ccc(Br)cc1. The van der Waals surface area contributed by atoms with Crippen molar-refractivity contribution in [3.8, 4) is 0 Å². The highest BCUT2D eigenvalue weighted by Gasteiger charge is 2.25. The van der Waals surface area contributed by atoms with Crippen LogP contribution in [0.1, 0.15) is 33.7 Å². The third-order valence-corrected chi connectivity index (χ3v) is 4.96. The molecule has 0 aliphatic carbocycles. The van der Waals surface area contributed by atoms with E-state index < -0.39 is 0 Å². The normalized spacial score (nSPS) is 14.1. The molecule has 1 saturated heterocycles. The van der Waals surface area contributed by atoms with Crippen molar-refractivity contribution in [3.63, 3.8) is 0 Å². The minimum atomic E-state index is -0.180. The van der Waals surface area contributed by atoms with Gasteiger partial charge in [0.15, 0.2) is 5.78 Å². The molecule has 0 saturated carbocycles. The van der Waals surface area contributed by atoms with Crippen molar-refractivity contribution in [2.24, 2.45) is 0 Å². The number of benzene rings is 1. The van der Waals surface area contributed by atoms with Crippen LogP contribution >= 0.6 is 15.9 Å². The van der Waals surface area contributed by atoms with E-state index in [1.807, 2.05) is 12.1 Å². The van der Waals surface area contributed by atoms with Gasteiger partial charge in [-0.05, 0) is 12.1 Å². The second kappa shape index (κ2) is 8.85. The van der Waals surface area contributed by atoms with Gasteiger partial charge in [-0.2, -0.15) is 0 Å². The highest BCUT2D eigenvalue weighted by molar-refractivity contribution is 9.10. The van der Waals surface area contributed by atoms with Crippen LogP contribution in [0, 0.1) is 0 Å². The van der Waals surface area contributed by atoms with Gasteiger partial charge in [-0.25, -0.2) is 4.98 Å². The number of piperazine rings is 1. The number of halogens is 1. The van der Waals surface area contributed by atoms with Crippen molar-refractivity contribution in [3.05, 3.63) is 58.6 Å². The van der Waals surface area contributed by atoms with Gasteiger partial charge in [-0.3, -0.25) is 19.4 Å². The summed E-state index contributed by atoms with van der Waals surface area (Å²) in [6.07, 6.45) is 4.79. The van der Waals surface area contributed by atoms with Crippen LogP contribution in [0.2, 0.25) is 0 Å². The van der Waals surface area contributed by atoms with Crippen LogP contribution in [0.15, 0.2) is 47.3 Å². The zero-order valence-electron chi connectivity index (χ0n) is 14.7. The maximum absolute atomic E-state index is 12.4. The Kier molecular flexibility index (Phi) is 6.28. The molecule has 0 spiro atoms. The van der Waals surface area contributed by atoms with Gasteiger partial charge in [-0.15, -0.1) is 0 Å². The zero-order valence-corrected chi connectivity index (χ0v) is 16.3. The lowest BCUT2D eigenvalue weighted by atomic mass is 10.1. The number of hydrogen-bond acceptors (Lipinski definition) is 5. The zero-order chi connectivity index (χ0) is 19.2. The summed E-state index contributed by atoms with van der Waals surface area (Å²) in [5.74, 6) is -0.292. The van der Waals surface area contributed by atoms with E-state index in [-0.39, 0.29) is 30.4 Å². The minimum Gasteiger partial charge on any atom is -0.339 e. The van der Waals surface area contributed by atoms with Crippen molar-refractivity contribution in [1.82, 2.24) is 19.8 Å². The molecular weight excluding hydrogens is 412 g/mol. The van der Waals surface area contributed by atoms with Crippen LogP contribution in [-0.4, -0.2) is 63.5 Å². The molecule has 7 nitrogen and oxygen atoms in total. The second-order valence-corrected chi connectivity index (χ2v) is 7.11. The standard InChI is InChI=1S/C19H19BrN4O3/c20-15-3-1-14(2-4-15)17(25)5-6-18(26)23-9-11-24(12-10-23)19(27)16-13-21-7-8-22-16/h1-4,7-8,13H,5-6,9-12H2. The van der Waals surface area contributed by atoms with E-state index in [4.69, 9.17) is 0 Å². The fourth-order valence-electron chi connectivity index (χ4n) is 2.89. The molecule has 1 aliphatic rings. The fraction of sp³-hybridized carbons (Fsp3) is 0.316. The van der Waals surface area contributed by atoms with Crippen LogP contribution in [0.5, 0.6) is 0 Å². The van der Waals surface area contributed by atoms with Crippen molar-refractivity contribution >= 4 is 33.5 Å². The van der Waals surface area contributed by atoms with Gasteiger partial charge in [0, 0.05) is 61.5 Å². The molecule has 140 valence electrons. The highest BCUT2D eigenvalue weighted by atomic mass is 79.9. The molecule has 0 N–H and O–H groups in total. The predicted molar refractivity (Wildman–Crippen MR) is 102 cm³/mol. The maximum atomic E-state index is 12.4. The number of amides is 2. The summed E-state index contributed by atoms with van der Waals surface area (Å²) in [6, 6.07) is 7.10. The highest BCUT2D eigenvalue weighted by Crippen LogP contribution is 2.14. The summed E-state index contributed by atoms with van der Waals surface area (Å²) in [5.41, 5.74) is 0.905. The Balaban J connectivity index is 1.46. The van der Waals surface area contributed by atoms with Gasteiger partial charge in [-0.1, -0.05) is 28.1 Å². The molecule has 1 aromatic heterocycles. The summed E-state index contributed by atoms with van der Waals surface area (Å²) in [6.45, 7) is 1.80. The molecule has 1 fully saturated rings. The monoisotopic (exact) mass is 430 g/mol. The van der Waals surface area contributed by atoms with E-state index in [0.717, 1.165) is 4.47 Å². The van der Waals surface area contributed by atoms with Crippen LogP contribution in [0.25, 0.3) is 0 Å². The van der Waals surface area contributed by atoms with Gasteiger partial charge in [0.2, 0.25) is 5.91 Å². The Morgan fingerprint density at radius 3 is 2.22 bits per heavy atom. The summed E-state index contributed by atoms with van der Waals surface area (Å²) in [5, 5.41) is 0. The van der Waals surface area contributed by atoms with Crippen molar-refractivity contribution in [2.45, 2.75) is 12.8 Å². The first kappa shape index (κ1) is 19.2. The topological polar surface area (TPSA) is 83.5 Å². The lowest BCUT2D eigenvalue weighted by Gasteiger charge is -2.34. The van der Waals surface area contributed by atoms with Gasteiger partial charge < -0.3 is 9.80 Å². The molecule has 0 bridgehead atoms. The third-order valence-electron chi connectivity index (χ3n) is 4.43. The van der Waals surface area contributed by atoms with Gasteiger partial charge in [0.05, 0.1) is 6.20 Å². The fourth-order valence-corrected chi connectivity index (χ4v) is 3.15. The average Bonchev–Trinajstić information content (AvgIpc) is 2.72. The molecule has 1 aromatic carbocycles. The molecule has 8 heteroatoms. The number of Topliss-reactive ketones (excluding diaryl/α,β-unsaturated/α-hetero) is 1. The summed E-state index contributed by atoms with van der Waals surface area (Å²) < 4.78 is 0.907. The number of nitrogens with zero attached hydrogens (tertiary/aromatic N) is 4. The lowest BCUT2D eigenvalue weighted by Crippen LogP contribution is -2.50. The van der Waals surface area contributed by atoms with Crippen LogP contribution < -0.4 is 0 Å². The Labute approximate surface area is 165 Å². The first-order valence-corrected chi connectivity index (χ1v) is 9.46. The number of rotatable bonds is 5.